The van der Waals surface area contributed by atoms with Crippen LogP contribution in [0.5, 0.6) is 0 Å². The summed E-state index contributed by atoms with van der Waals surface area (Å²) in [5.41, 5.74) is 0. The maximum Gasteiger partial charge on any atom is 0.00873 e. The molecule has 1 aromatic rings. The highest BCUT2D eigenvalue weighted by Crippen LogP contribution is 2.10. The average Bonchev–Trinajstić information content (AvgIpc) is 2.65. The van der Waals surface area contributed by atoms with Gasteiger partial charge < -0.3 is 5.32 Å². The maximum absolute atomic E-state index is 3.54. The molecule has 3 heteroatoms. The van der Waals surface area contributed by atoms with Gasteiger partial charge in [-0.25, -0.2) is 0 Å². The van der Waals surface area contributed by atoms with Crippen LogP contribution in [0.3, 0.4) is 0 Å². The third-order valence-corrected chi connectivity index (χ3v) is 3.83. The van der Waals surface area contributed by atoms with Crippen molar-refractivity contribution < 1.29 is 0 Å². The molecular weight excluding hydrogens is 210 g/mol. The van der Waals surface area contributed by atoms with Gasteiger partial charge in [-0.3, -0.25) is 0 Å². The van der Waals surface area contributed by atoms with Crippen LogP contribution in [0.4, 0.5) is 0 Å². The van der Waals surface area contributed by atoms with Crippen LogP contribution in [0, 0.1) is 0 Å². The number of rotatable bonds is 7. The van der Waals surface area contributed by atoms with Crippen LogP contribution in [0.2, 0.25) is 0 Å². The van der Waals surface area contributed by atoms with E-state index in [4.69, 9.17) is 0 Å². The molecule has 1 aromatic heterocycles. The molecule has 0 saturated carbocycles. The fourth-order valence-electron chi connectivity index (χ4n) is 1.32. The standard InChI is InChI=1S/C11H19NS2/c1-3-13-8-6-12-10(2)9-11-5-4-7-14-11/h4-5,7,10,12H,3,6,8-9H2,1-2H3. The van der Waals surface area contributed by atoms with E-state index in [1.165, 1.54) is 16.4 Å². The monoisotopic (exact) mass is 229 g/mol. The zero-order chi connectivity index (χ0) is 10.2. The van der Waals surface area contributed by atoms with Crippen LogP contribution in [0.25, 0.3) is 0 Å². The highest BCUT2D eigenvalue weighted by atomic mass is 32.2. The van der Waals surface area contributed by atoms with Gasteiger partial charge in [0.25, 0.3) is 0 Å². The van der Waals surface area contributed by atoms with Gasteiger partial charge in [0.2, 0.25) is 0 Å². The topological polar surface area (TPSA) is 12.0 Å². The smallest absolute Gasteiger partial charge is 0.00873 e. The molecule has 1 N–H and O–H groups in total. The van der Waals surface area contributed by atoms with Crippen molar-refractivity contribution in [2.24, 2.45) is 0 Å². The summed E-state index contributed by atoms with van der Waals surface area (Å²) in [7, 11) is 0. The van der Waals surface area contributed by atoms with Gasteiger partial charge in [0.1, 0.15) is 0 Å². The lowest BCUT2D eigenvalue weighted by Crippen LogP contribution is -2.29. The zero-order valence-electron chi connectivity index (χ0n) is 8.95. The summed E-state index contributed by atoms with van der Waals surface area (Å²) in [6, 6.07) is 4.94. The van der Waals surface area contributed by atoms with Crippen molar-refractivity contribution in [2.75, 3.05) is 18.1 Å². The second-order valence-corrected chi connectivity index (χ2v) is 5.76. The summed E-state index contributed by atoms with van der Waals surface area (Å²) in [5, 5.41) is 5.69. The summed E-state index contributed by atoms with van der Waals surface area (Å²) >= 11 is 3.85. The number of hydrogen-bond acceptors (Lipinski definition) is 3. The van der Waals surface area contributed by atoms with E-state index in [9.17, 15) is 0 Å². The predicted molar refractivity (Wildman–Crippen MR) is 68.5 cm³/mol. The molecule has 1 atom stereocenters. The Balaban J connectivity index is 2.07. The van der Waals surface area contributed by atoms with Crippen molar-refractivity contribution in [1.82, 2.24) is 5.32 Å². The zero-order valence-corrected chi connectivity index (χ0v) is 10.6. The van der Waals surface area contributed by atoms with E-state index in [1.54, 1.807) is 0 Å². The van der Waals surface area contributed by atoms with E-state index in [0.29, 0.717) is 6.04 Å². The fraction of sp³-hybridized carbons (Fsp3) is 0.636. The van der Waals surface area contributed by atoms with Crippen LogP contribution in [0.1, 0.15) is 18.7 Å². The molecule has 0 spiro atoms. The van der Waals surface area contributed by atoms with E-state index in [1.807, 2.05) is 23.1 Å². The highest BCUT2D eigenvalue weighted by molar-refractivity contribution is 7.99. The molecule has 1 nitrogen and oxygen atoms in total. The number of thioether (sulfide) groups is 1. The number of hydrogen-bond donors (Lipinski definition) is 1. The largest absolute Gasteiger partial charge is 0.313 e. The van der Waals surface area contributed by atoms with Crippen LogP contribution >= 0.6 is 23.1 Å². The lowest BCUT2D eigenvalue weighted by atomic mass is 10.2. The van der Waals surface area contributed by atoms with E-state index in [0.717, 1.165) is 13.0 Å². The molecule has 14 heavy (non-hydrogen) atoms. The van der Waals surface area contributed by atoms with Crippen molar-refractivity contribution in [3.05, 3.63) is 22.4 Å². The molecule has 0 amide bonds. The first kappa shape index (κ1) is 12.1. The second kappa shape index (κ2) is 7.32. The van der Waals surface area contributed by atoms with Gasteiger partial charge in [0.15, 0.2) is 0 Å². The molecule has 0 aliphatic carbocycles. The Morgan fingerprint density at radius 3 is 3.07 bits per heavy atom. The molecule has 0 aromatic carbocycles. The van der Waals surface area contributed by atoms with E-state index >= 15 is 0 Å². The Kier molecular flexibility index (Phi) is 6.32. The van der Waals surface area contributed by atoms with Gasteiger partial charge >= 0.3 is 0 Å². The molecule has 0 saturated heterocycles. The lowest BCUT2D eigenvalue weighted by Gasteiger charge is -2.12. The van der Waals surface area contributed by atoms with E-state index < -0.39 is 0 Å². The van der Waals surface area contributed by atoms with Gasteiger partial charge in [0, 0.05) is 23.2 Å². The predicted octanol–water partition coefficient (Wildman–Crippen LogP) is 3.02. The van der Waals surface area contributed by atoms with Crippen LogP contribution in [0.15, 0.2) is 17.5 Å². The second-order valence-electron chi connectivity index (χ2n) is 3.34. The molecule has 0 radical (unpaired) electrons. The average molecular weight is 229 g/mol. The summed E-state index contributed by atoms with van der Waals surface area (Å²) in [6.45, 7) is 5.60. The van der Waals surface area contributed by atoms with Gasteiger partial charge in [0.05, 0.1) is 0 Å². The summed E-state index contributed by atoms with van der Waals surface area (Å²) < 4.78 is 0. The first-order chi connectivity index (χ1) is 6.83. The molecular formula is C11H19NS2. The molecule has 1 unspecified atom stereocenters. The quantitative estimate of drug-likeness (QED) is 0.721. The van der Waals surface area contributed by atoms with Crippen molar-refractivity contribution in [3.8, 4) is 0 Å². The van der Waals surface area contributed by atoms with Crippen LogP contribution in [-0.4, -0.2) is 24.1 Å². The molecule has 0 aliphatic heterocycles. The Bertz CT molecular complexity index is 221. The Hall–Kier alpha value is 0.01000. The normalized spacial score (nSPS) is 13.0. The minimum absolute atomic E-state index is 0.603. The first-order valence-electron chi connectivity index (χ1n) is 5.16. The van der Waals surface area contributed by atoms with Crippen LogP contribution < -0.4 is 5.32 Å². The van der Waals surface area contributed by atoms with Crippen molar-refractivity contribution in [1.29, 1.82) is 0 Å². The van der Waals surface area contributed by atoms with Crippen molar-refractivity contribution in [3.63, 3.8) is 0 Å². The third-order valence-electron chi connectivity index (χ3n) is 2.03. The Morgan fingerprint density at radius 1 is 1.57 bits per heavy atom. The van der Waals surface area contributed by atoms with Gasteiger partial charge in [-0.1, -0.05) is 13.0 Å². The van der Waals surface area contributed by atoms with Gasteiger partial charge in [-0.05, 0) is 30.5 Å². The first-order valence-corrected chi connectivity index (χ1v) is 7.20. The minimum Gasteiger partial charge on any atom is -0.313 e. The molecule has 1 heterocycles. The van der Waals surface area contributed by atoms with E-state index in [-0.39, 0.29) is 0 Å². The minimum atomic E-state index is 0.603. The maximum atomic E-state index is 3.54. The number of thiophene rings is 1. The van der Waals surface area contributed by atoms with E-state index in [2.05, 4.69) is 36.7 Å². The fourth-order valence-corrected chi connectivity index (χ4v) is 2.71. The Morgan fingerprint density at radius 2 is 2.43 bits per heavy atom. The SMILES string of the molecule is CCSCCNC(C)Cc1cccs1. The van der Waals surface area contributed by atoms with Crippen molar-refractivity contribution in [2.45, 2.75) is 26.3 Å². The molecule has 0 aliphatic rings. The summed E-state index contributed by atoms with van der Waals surface area (Å²) in [6.07, 6.45) is 1.16. The lowest BCUT2D eigenvalue weighted by molar-refractivity contribution is 0.571. The molecule has 0 fully saturated rings. The number of nitrogens with one attached hydrogen (secondary N) is 1. The van der Waals surface area contributed by atoms with Gasteiger partial charge in [-0.15, -0.1) is 11.3 Å². The van der Waals surface area contributed by atoms with Crippen molar-refractivity contribution >= 4 is 23.1 Å². The van der Waals surface area contributed by atoms with Crippen LogP contribution in [-0.2, 0) is 6.42 Å². The Labute approximate surface area is 95.3 Å². The molecule has 0 bridgehead atoms. The molecule has 1 rings (SSSR count). The summed E-state index contributed by atoms with van der Waals surface area (Å²) in [4.78, 5) is 1.48. The summed E-state index contributed by atoms with van der Waals surface area (Å²) in [5.74, 6) is 2.45. The van der Waals surface area contributed by atoms with Gasteiger partial charge in [-0.2, -0.15) is 11.8 Å². The highest BCUT2D eigenvalue weighted by Gasteiger charge is 2.02. The molecule has 80 valence electrons. The third kappa shape index (κ3) is 5.03.